The number of hydrogen-bond donors (Lipinski definition) is 1. The van der Waals surface area contributed by atoms with Crippen LogP contribution in [0.1, 0.15) is 5.56 Å². The van der Waals surface area contributed by atoms with Gasteiger partial charge in [0.2, 0.25) is 4.96 Å². The molecule has 3 aromatic heterocycles. The van der Waals surface area contributed by atoms with Gasteiger partial charge in [-0.25, -0.2) is 9.78 Å². The summed E-state index contributed by atoms with van der Waals surface area (Å²) in [5.41, 5.74) is 1.27. The average molecular weight is 471 g/mol. The number of carbonyl (C=O) groups is 1. The van der Waals surface area contributed by atoms with Crippen LogP contribution < -0.4 is 15.8 Å². The first kappa shape index (κ1) is 20.5. The summed E-state index contributed by atoms with van der Waals surface area (Å²) in [5.74, 6) is 1.17. The standard InChI is InChI=1S/C21H19ClN6O3S/c1-13-14(22)4-2-5-15(13)23-20(30)27-9-7-26(8-10-27)17-12-18(29)28-21(24-17)32-19(25-28)16-6-3-11-31-16/h2-6,11-12H,7-10H2,1H3,(H,23,30). The predicted molar refractivity (Wildman–Crippen MR) is 124 cm³/mol. The summed E-state index contributed by atoms with van der Waals surface area (Å²) in [6.07, 6.45) is 1.56. The minimum absolute atomic E-state index is 0.177. The van der Waals surface area contributed by atoms with Crippen LogP contribution in [-0.4, -0.2) is 51.7 Å². The highest BCUT2D eigenvalue weighted by atomic mass is 35.5. The van der Waals surface area contributed by atoms with Crippen molar-refractivity contribution in [3.63, 3.8) is 0 Å². The first-order valence-corrected chi connectivity index (χ1v) is 11.2. The van der Waals surface area contributed by atoms with E-state index in [2.05, 4.69) is 15.4 Å². The summed E-state index contributed by atoms with van der Waals surface area (Å²) in [4.78, 5) is 34.1. The van der Waals surface area contributed by atoms with E-state index in [0.717, 1.165) is 5.56 Å². The SMILES string of the molecule is Cc1c(Cl)cccc1NC(=O)N1CCN(c2cc(=O)n3nc(-c4ccco4)sc3n2)CC1. The van der Waals surface area contributed by atoms with E-state index in [1.54, 1.807) is 35.4 Å². The van der Waals surface area contributed by atoms with E-state index in [9.17, 15) is 9.59 Å². The zero-order chi connectivity index (χ0) is 22.2. The lowest BCUT2D eigenvalue weighted by Crippen LogP contribution is -2.50. The zero-order valence-electron chi connectivity index (χ0n) is 17.1. The molecule has 0 atom stereocenters. The van der Waals surface area contributed by atoms with Crippen molar-refractivity contribution >= 4 is 45.4 Å². The molecule has 1 N–H and O–H groups in total. The van der Waals surface area contributed by atoms with E-state index < -0.39 is 0 Å². The number of aromatic nitrogens is 3. The fraction of sp³-hybridized carbons (Fsp3) is 0.238. The smallest absolute Gasteiger partial charge is 0.321 e. The van der Waals surface area contributed by atoms with Crippen molar-refractivity contribution in [2.24, 2.45) is 0 Å². The highest BCUT2D eigenvalue weighted by molar-refractivity contribution is 7.19. The molecule has 1 aliphatic heterocycles. The normalized spacial score (nSPS) is 14.2. The van der Waals surface area contributed by atoms with Gasteiger partial charge in [0.15, 0.2) is 10.8 Å². The van der Waals surface area contributed by atoms with E-state index >= 15 is 0 Å². The van der Waals surface area contributed by atoms with Crippen molar-refractivity contribution in [2.75, 3.05) is 36.4 Å². The number of anilines is 2. The molecule has 2 amide bonds. The largest absolute Gasteiger partial charge is 0.462 e. The molecular formula is C21H19ClN6O3S. The third-order valence-electron chi connectivity index (χ3n) is 5.36. The number of hydrogen-bond acceptors (Lipinski definition) is 7. The Kier molecular flexibility index (Phi) is 5.32. The summed E-state index contributed by atoms with van der Waals surface area (Å²) in [6, 6.07) is 10.3. The summed E-state index contributed by atoms with van der Waals surface area (Å²) < 4.78 is 6.65. The molecule has 5 rings (SSSR count). The lowest BCUT2D eigenvalue weighted by Gasteiger charge is -2.35. The van der Waals surface area contributed by atoms with Crippen molar-refractivity contribution in [3.05, 3.63) is 63.6 Å². The number of rotatable bonds is 3. The van der Waals surface area contributed by atoms with E-state index in [1.165, 1.54) is 21.9 Å². The second-order valence-electron chi connectivity index (χ2n) is 7.35. The van der Waals surface area contributed by atoms with Gasteiger partial charge in [0.1, 0.15) is 5.82 Å². The number of carbonyl (C=O) groups excluding carboxylic acids is 1. The van der Waals surface area contributed by atoms with Crippen molar-refractivity contribution in [1.29, 1.82) is 0 Å². The lowest BCUT2D eigenvalue weighted by molar-refractivity contribution is 0.208. The Balaban J connectivity index is 1.29. The molecule has 0 spiro atoms. The first-order chi connectivity index (χ1) is 15.5. The second kappa shape index (κ2) is 8.29. The number of amides is 2. The van der Waals surface area contributed by atoms with Gasteiger partial charge in [-0.2, -0.15) is 4.52 Å². The van der Waals surface area contributed by atoms with Crippen LogP contribution in [0.25, 0.3) is 15.7 Å². The zero-order valence-corrected chi connectivity index (χ0v) is 18.7. The third-order valence-corrected chi connectivity index (χ3v) is 6.70. The van der Waals surface area contributed by atoms with Crippen LogP contribution in [-0.2, 0) is 0 Å². The number of furan rings is 1. The molecule has 11 heteroatoms. The van der Waals surface area contributed by atoms with Gasteiger partial charge in [-0.3, -0.25) is 4.79 Å². The first-order valence-electron chi connectivity index (χ1n) is 10.0. The molecule has 32 heavy (non-hydrogen) atoms. The maximum Gasteiger partial charge on any atom is 0.321 e. The van der Waals surface area contributed by atoms with Crippen LogP contribution in [0.5, 0.6) is 0 Å². The van der Waals surface area contributed by atoms with Crippen LogP contribution in [0.2, 0.25) is 5.02 Å². The molecule has 4 heterocycles. The molecule has 1 aliphatic rings. The molecule has 164 valence electrons. The fourth-order valence-corrected chi connectivity index (χ4v) is 4.58. The van der Waals surface area contributed by atoms with E-state index in [0.29, 0.717) is 58.4 Å². The number of fused-ring (bicyclic) bond motifs is 1. The number of piperazine rings is 1. The number of benzene rings is 1. The Hall–Kier alpha value is -3.37. The maximum absolute atomic E-state index is 12.7. The Morgan fingerprint density at radius 3 is 2.75 bits per heavy atom. The van der Waals surface area contributed by atoms with Gasteiger partial charge in [-0.05, 0) is 36.8 Å². The van der Waals surface area contributed by atoms with Crippen molar-refractivity contribution < 1.29 is 9.21 Å². The van der Waals surface area contributed by atoms with Crippen LogP contribution in [0, 0.1) is 6.92 Å². The van der Waals surface area contributed by atoms with Crippen molar-refractivity contribution in [1.82, 2.24) is 19.5 Å². The van der Waals surface area contributed by atoms with Gasteiger partial charge < -0.3 is 19.5 Å². The van der Waals surface area contributed by atoms with Crippen LogP contribution in [0.15, 0.2) is 51.9 Å². The number of urea groups is 1. The van der Waals surface area contributed by atoms with Crippen molar-refractivity contribution in [2.45, 2.75) is 6.92 Å². The quantitative estimate of drug-likeness (QED) is 0.490. The summed E-state index contributed by atoms with van der Waals surface area (Å²) in [7, 11) is 0. The molecule has 0 aliphatic carbocycles. The van der Waals surface area contributed by atoms with Crippen LogP contribution >= 0.6 is 22.9 Å². The lowest BCUT2D eigenvalue weighted by atomic mass is 10.2. The van der Waals surface area contributed by atoms with Crippen molar-refractivity contribution in [3.8, 4) is 10.8 Å². The van der Waals surface area contributed by atoms with Gasteiger partial charge in [-0.15, -0.1) is 5.10 Å². The Morgan fingerprint density at radius 1 is 1.19 bits per heavy atom. The number of halogens is 1. The molecule has 0 bridgehead atoms. The summed E-state index contributed by atoms with van der Waals surface area (Å²) in [5, 5.41) is 8.43. The molecule has 9 nitrogen and oxygen atoms in total. The Bertz CT molecular complexity index is 1340. The van der Waals surface area contributed by atoms with E-state index in [4.69, 9.17) is 16.0 Å². The minimum Gasteiger partial charge on any atom is -0.462 e. The van der Waals surface area contributed by atoms with Gasteiger partial charge in [0.25, 0.3) is 5.56 Å². The molecule has 0 unspecified atom stereocenters. The van der Waals surface area contributed by atoms with Gasteiger partial charge >= 0.3 is 6.03 Å². The Labute approximate surface area is 191 Å². The fourth-order valence-electron chi connectivity index (χ4n) is 3.54. The van der Waals surface area contributed by atoms with Crippen LogP contribution in [0.3, 0.4) is 0 Å². The van der Waals surface area contributed by atoms with Gasteiger partial charge in [-0.1, -0.05) is 29.0 Å². The van der Waals surface area contributed by atoms with Gasteiger partial charge in [0.05, 0.1) is 6.26 Å². The van der Waals surface area contributed by atoms with Crippen LogP contribution in [0.4, 0.5) is 16.3 Å². The average Bonchev–Trinajstić information content (AvgIpc) is 3.47. The molecule has 1 fully saturated rings. The number of nitrogens with zero attached hydrogens (tertiary/aromatic N) is 5. The highest BCUT2D eigenvalue weighted by Crippen LogP contribution is 2.26. The predicted octanol–water partition coefficient (Wildman–Crippen LogP) is 3.73. The molecule has 0 saturated carbocycles. The number of nitrogens with one attached hydrogen (secondary N) is 1. The van der Waals surface area contributed by atoms with E-state index in [-0.39, 0.29) is 11.6 Å². The topological polar surface area (TPSA) is 96.0 Å². The van der Waals surface area contributed by atoms with E-state index in [1.807, 2.05) is 17.9 Å². The molecule has 4 aromatic rings. The molecule has 0 radical (unpaired) electrons. The maximum atomic E-state index is 12.7. The summed E-state index contributed by atoms with van der Waals surface area (Å²) >= 11 is 7.43. The molecule has 1 saturated heterocycles. The second-order valence-corrected chi connectivity index (χ2v) is 8.71. The monoisotopic (exact) mass is 470 g/mol. The molecule has 1 aromatic carbocycles. The van der Waals surface area contributed by atoms with Gasteiger partial charge in [0, 0.05) is 43.0 Å². The third kappa shape index (κ3) is 3.82. The summed E-state index contributed by atoms with van der Waals surface area (Å²) in [6.45, 7) is 4.01. The minimum atomic E-state index is -0.254. The highest BCUT2D eigenvalue weighted by Gasteiger charge is 2.24. The Morgan fingerprint density at radius 2 is 2.00 bits per heavy atom. The molecular weight excluding hydrogens is 452 g/mol.